The third-order valence-electron chi connectivity index (χ3n) is 6.82. The van der Waals surface area contributed by atoms with Crippen LogP contribution in [-0.2, 0) is 22.7 Å². The first-order valence-electron chi connectivity index (χ1n) is 12.6. The number of carbonyl (C=O) groups excluding carboxylic acids is 1. The maximum atomic E-state index is 13.4. The van der Waals surface area contributed by atoms with E-state index in [2.05, 4.69) is 34.1 Å². The van der Waals surface area contributed by atoms with Crippen molar-refractivity contribution in [1.82, 2.24) is 9.80 Å². The molecule has 1 saturated carbocycles. The Morgan fingerprint density at radius 2 is 1.67 bits per heavy atom. The minimum Gasteiger partial charge on any atom is -0.489 e. The molecule has 178 valence electrons. The van der Waals surface area contributed by atoms with Gasteiger partial charge in [0.1, 0.15) is 12.4 Å². The van der Waals surface area contributed by atoms with Crippen LogP contribution in [0.15, 0.2) is 54.6 Å². The first kappa shape index (κ1) is 23.8. The first-order valence-corrected chi connectivity index (χ1v) is 12.6. The highest BCUT2D eigenvalue weighted by atomic mass is 16.5. The standard InChI is InChI=1S/C28H38N2O3/c31-28(26-10-5-2-6-11-26)30(17-7-16-29-18-20-32-21-19-29)22-24-12-14-27(15-13-24)33-23-25-8-3-1-4-9-25/h1,3-4,8-9,12-15,26H,2,5-7,10-11,16-23H2. The molecule has 1 saturated heterocycles. The van der Waals surface area contributed by atoms with Gasteiger partial charge in [0.2, 0.25) is 5.91 Å². The maximum Gasteiger partial charge on any atom is 0.225 e. The lowest BCUT2D eigenvalue weighted by molar-refractivity contribution is -0.137. The molecular formula is C28H38N2O3. The lowest BCUT2D eigenvalue weighted by atomic mass is 9.88. The molecule has 5 nitrogen and oxygen atoms in total. The predicted molar refractivity (Wildman–Crippen MR) is 131 cm³/mol. The largest absolute Gasteiger partial charge is 0.489 e. The fourth-order valence-corrected chi connectivity index (χ4v) is 4.84. The van der Waals surface area contributed by atoms with Gasteiger partial charge in [-0.2, -0.15) is 0 Å². The van der Waals surface area contributed by atoms with E-state index in [0.29, 0.717) is 19.1 Å². The average molecular weight is 451 g/mol. The summed E-state index contributed by atoms with van der Waals surface area (Å²) >= 11 is 0. The van der Waals surface area contributed by atoms with Crippen LogP contribution in [0.1, 0.15) is 49.7 Å². The van der Waals surface area contributed by atoms with Crippen molar-refractivity contribution in [3.8, 4) is 5.75 Å². The average Bonchev–Trinajstić information content (AvgIpc) is 2.89. The van der Waals surface area contributed by atoms with E-state index >= 15 is 0 Å². The number of hydrogen-bond acceptors (Lipinski definition) is 4. The molecular weight excluding hydrogens is 412 g/mol. The molecule has 2 fully saturated rings. The van der Waals surface area contributed by atoms with Crippen molar-refractivity contribution in [3.05, 3.63) is 65.7 Å². The fraction of sp³-hybridized carbons (Fsp3) is 0.536. The maximum absolute atomic E-state index is 13.4. The van der Waals surface area contributed by atoms with Gasteiger partial charge in [0, 0.05) is 38.6 Å². The van der Waals surface area contributed by atoms with Crippen molar-refractivity contribution in [2.45, 2.75) is 51.7 Å². The van der Waals surface area contributed by atoms with E-state index in [1.807, 2.05) is 30.3 Å². The topological polar surface area (TPSA) is 42.0 Å². The number of amides is 1. The monoisotopic (exact) mass is 450 g/mol. The smallest absolute Gasteiger partial charge is 0.225 e. The second-order valence-corrected chi connectivity index (χ2v) is 9.32. The van der Waals surface area contributed by atoms with E-state index in [-0.39, 0.29) is 5.92 Å². The number of ether oxygens (including phenoxy) is 2. The quantitative estimate of drug-likeness (QED) is 0.517. The van der Waals surface area contributed by atoms with E-state index < -0.39 is 0 Å². The zero-order valence-electron chi connectivity index (χ0n) is 19.8. The first-order chi connectivity index (χ1) is 16.3. The normalized spacial score (nSPS) is 17.6. The van der Waals surface area contributed by atoms with Crippen molar-refractivity contribution >= 4 is 5.91 Å². The Balaban J connectivity index is 1.33. The van der Waals surface area contributed by atoms with Gasteiger partial charge >= 0.3 is 0 Å². The van der Waals surface area contributed by atoms with Crippen LogP contribution in [0.4, 0.5) is 0 Å². The third-order valence-corrected chi connectivity index (χ3v) is 6.82. The molecule has 2 aliphatic rings. The van der Waals surface area contributed by atoms with Gasteiger partial charge in [0.25, 0.3) is 0 Å². The molecule has 5 heteroatoms. The van der Waals surface area contributed by atoms with Gasteiger partial charge in [-0.3, -0.25) is 9.69 Å². The number of rotatable bonds is 10. The van der Waals surface area contributed by atoms with Crippen LogP contribution >= 0.6 is 0 Å². The molecule has 0 N–H and O–H groups in total. The highest BCUT2D eigenvalue weighted by Gasteiger charge is 2.26. The minimum absolute atomic E-state index is 0.204. The SMILES string of the molecule is O=C(C1CCCCC1)N(CCCN1CCOCC1)Cc1ccc(OCc2ccccc2)cc1. The molecule has 2 aromatic carbocycles. The van der Waals surface area contributed by atoms with Crippen LogP contribution in [0.2, 0.25) is 0 Å². The molecule has 1 amide bonds. The summed E-state index contributed by atoms with van der Waals surface area (Å²) in [6.07, 6.45) is 6.75. The molecule has 2 aromatic rings. The summed E-state index contributed by atoms with van der Waals surface area (Å²) < 4.78 is 11.4. The second kappa shape index (κ2) is 12.8. The third kappa shape index (κ3) is 7.58. The van der Waals surface area contributed by atoms with Crippen molar-refractivity contribution in [1.29, 1.82) is 0 Å². The molecule has 0 radical (unpaired) electrons. The number of hydrogen-bond donors (Lipinski definition) is 0. The van der Waals surface area contributed by atoms with Crippen molar-refractivity contribution in [3.63, 3.8) is 0 Å². The predicted octanol–water partition coefficient (Wildman–Crippen LogP) is 4.90. The summed E-state index contributed by atoms with van der Waals surface area (Å²) in [7, 11) is 0. The molecule has 0 bridgehead atoms. The zero-order valence-corrected chi connectivity index (χ0v) is 19.8. The van der Waals surface area contributed by atoms with Gasteiger partial charge in [-0.1, -0.05) is 61.7 Å². The molecule has 1 aliphatic heterocycles. The van der Waals surface area contributed by atoms with Crippen LogP contribution in [0, 0.1) is 5.92 Å². The van der Waals surface area contributed by atoms with Crippen molar-refractivity contribution < 1.29 is 14.3 Å². The molecule has 1 aliphatic carbocycles. The minimum atomic E-state index is 0.204. The molecule has 0 atom stereocenters. The second-order valence-electron chi connectivity index (χ2n) is 9.32. The summed E-state index contributed by atoms with van der Waals surface area (Å²) in [4.78, 5) is 17.9. The van der Waals surface area contributed by atoms with Gasteiger partial charge < -0.3 is 14.4 Å². The summed E-state index contributed by atoms with van der Waals surface area (Å²) in [6.45, 7) is 6.74. The highest BCUT2D eigenvalue weighted by Crippen LogP contribution is 2.26. The molecule has 0 aromatic heterocycles. The Bertz CT molecular complexity index is 828. The van der Waals surface area contributed by atoms with E-state index in [1.165, 1.54) is 19.3 Å². The van der Waals surface area contributed by atoms with E-state index in [0.717, 1.165) is 75.5 Å². The van der Waals surface area contributed by atoms with Crippen LogP contribution < -0.4 is 4.74 Å². The van der Waals surface area contributed by atoms with Crippen molar-refractivity contribution in [2.75, 3.05) is 39.4 Å². The van der Waals surface area contributed by atoms with Crippen LogP contribution in [0.3, 0.4) is 0 Å². The Labute approximate surface area is 198 Å². The summed E-state index contributed by atoms with van der Waals surface area (Å²) in [5.41, 5.74) is 2.32. The molecule has 0 spiro atoms. The number of carbonyl (C=O) groups is 1. The number of benzene rings is 2. The Kier molecular flexibility index (Phi) is 9.19. The number of morpholine rings is 1. The summed E-state index contributed by atoms with van der Waals surface area (Å²) in [5.74, 6) is 1.41. The Hall–Kier alpha value is -2.37. The summed E-state index contributed by atoms with van der Waals surface area (Å²) in [6, 6.07) is 18.5. The Morgan fingerprint density at radius 3 is 2.39 bits per heavy atom. The fourth-order valence-electron chi connectivity index (χ4n) is 4.84. The van der Waals surface area contributed by atoms with Crippen LogP contribution in [-0.4, -0.2) is 55.1 Å². The van der Waals surface area contributed by atoms with E-state index in [4.69, 9.17) is 9.47 Å². The highest BCUT2D eigenvalue weighted by molar-refractivity contribution is 5.79. The Morgan fingerprint density at radius 1 is 0.939 bits per heavy atom. The molecule has 0 unspecified atom stereocenters. The summed E-state index contributed by atoms with van der Waals surface area (Å²) in [5, 5.41) is 0. The molecule has 33 heavy (non-hydrogen) atoms. The van der Waals surface area contributed by atoms with E-state index in [1.54, 1.807) is 0 Å². The lowest BCUT2D eigenvalue weighted by Crippen LogP contribution is -2.40. The molecule has 4 rings (SSSR count). The number of nitrogens with zero attached hydrogens (tertiary/aromatic N) is 2. The van der Waals surface area contributed by atoms with Crippen molar-refractivity contribution in [2.24, 2.45) is 5.92 Å². The van der Waals surface area contributed by atoms with Gasteiger partial charge in [-0.25, -0.2) is 0 Å². The molecule has 1 heterocycles. The lowest BCUT2D eigenvalue weighted by Gasteiger charge is -2.31. The van der Waals surface area contributed by atoms with Crippen LogP contribution in [0.5, 0.6) is 5.75 Å². The van der Waals surface area contributed by atoms with Gasteiger partial charge in [0.15, 0.2) is 0 Å². The zero-order chi connectivity index (χ0) is 22.7. The van der Waals surface area contributed by atoms with Gasteiger partial charge in [-0.15, -0.1) is 0 Å². The van der Waals surface area contributed by atoms with Gasteiger partial charge in [0.05, 0.1) is 13.2 Å². The van der Waals surface area contributed by atoms with Crippen LogP contribution in [0.25, 0.3) is 0 Å². The van der Waals surface area contributed by atoms with E-state index in [9.17, 15) is 4.79 Å². The van der Waals surface area contributed by atoms with Gasteiger partial charge in [-0.05, 0) is 42.5 Å².